The van der Waals surface area contributed by atoms with Crippen LogP contribution in [0, 0.1) is 16.2 Å². The normalized spacial score (nSPS) is 11.5. The van der Waals surface area contributed by atoms with Gasteiger partial charge in [0.1, 0.15) is 5.03 Å². The highest BCUT2D eigenvalue weighted by Gasteiger charge is 2.16. The molecule has 1 unspecified atom stereocenters. The number of thioether (sulfide) groups is 1. The average molecular weight is 269 g/mol. The highest BCUT2D eigenvalue weighted by atomic mass is 32.2. The van der Waals surface area contributed by atoms with E-state index in [1.807, 2.05) is 36.4 Å². The highest BCUT2D eigenvalue weighted by molar-refractivity contribution is 7.98. The van der Waals surface area contributed by atoms with E-state index in [9.17, 15) is 4.91 Å². The maximum Gasteiger partial charge on any atom is 0.205 e. The lowest BCUT2D eigenvalue weighted by Gasteiger charge is -2.07. The topological polar surface area (TPSA) is 66.1 Å². The summed E-state index contributed by atoms with van der Waals surface area (Å²) < 4.78 is 0. The molecule has 4 nitrogen and oxygen atoms in total. The van der Waals surface area contributed by atoms with Gasteiger partial charge in [-0.1, -0.05) is 36.4 Å². The standard InChI is InChI=1S/C14H11N3OS/c15-9-13(17-18)12-7-4-8-16-14(12)19-10-11-5-2-1-3-6-11/h1-8,13H,10H2. The molecular weight excluding hydrogens is 258 g/mol. The maximum absolute atomic E-state index is 10.7. The summed E-state index contributed by atoms with van der Waals surface area (Å²) in [7, 11) is 0. The smallest absolute Gasteiger partial charge is 0.205 e. The van der Waals surface area contributed by atoms with E-state index in [0.29, 0.717) is 10.6 Å². The van der Waals surface area contributed by atoms with Crippen LogP contribution >= 0.6 is 11.8 Å². The molecule has 0 bridgehead atoms. The van der Waals surface area contributed by atoms with Gasteiger partial charge in [-0.25, -0.2) is 4.98 Å². The van der Waals surface area contributed by atoms with Gasteiger partial charge in [0.2, 0.25) is 6.04 Å². The molecule has 2 rings (SSSR count). The molecule has 0 saturated carbocycles. The average Bonchev–Trinajstić information content (AvgIpc) is 2.48. The van der Waals surface area contributed by atoms with Gasteiger partial charge in [-0.3, -0.25) is 0 Å². The fraction of sp³-hybridized carbons (Fsp3) is 0.143. The lowest BCUT2D eigenvalue weighted by Crippen LogP contribution is -1.96. The summed E-state index contributed by atoms with van der Waals surface area (Å²) in [5.74, 6) is 0.738. The fourth-order valence-electron chi connectivity index (χ4n) is 1.61. The molecule has 1 aromatic heterocycles. The first-order valence-corrected chi connectivity index (χ1v) is 6.67. The molecule has 0 aliphatic rings. The van der Waals surface area contributed by atoms with E-state index >= 15 is 0 Å². The van der Waals surface area contributed by atoms with Crippen LogP contribution in [0.3, 0.4) is 0 Å². The molecule has 0 fully saturated rings. The molecule has 0 radical (unpaired) electrons. The van der Waals surface area contributed by atoms with Crippen molar-refractivity contribution in [2.75, 3.05) is 0 Å². The van der Waals surface area contributed by atoms with E-state index in [-0.39, 0.29) is 0 Å². The maximum atomic E-state index is 10.7. The number of benzene rings is 1. The largest absolute Gasteiger partial charge is 0.250 e. The van der Waals surface area contributed by atoms with Gasteiger partial charge in [0, 0.05) is 17.5 Å². The molecule has 19 heavy (non-hydrogen) atoms. The number of nitriles is 1. The third-order valence-electron chi connectivity index (χ3n) is 2.54. The van der Waals surface area contributed by atoms with Crippen LogP contribution in [0.15, 0.2) is 58.9 Å². The third kappa shape index (κ3) is 3.39. The summed E-state index contributed by atoms with van der Waals surface area (Å²) in [4.78, 5) is 14.9. The third-order valence-corrected chi connectivity index (χ3v) is 3.63. The van der Waals surface area contributed by atoms with E-state index < -0.39 is 6.04 Å². The highest BCUT2D eigenvalue weighted by Crippen LogP contribution is 2.29. The van der Waals surface area contributed by atoms with E-state index in [0.717, 1.165) is 11.3 Å². The van der Waals surface area contributed by atoms with Gasteiger partial charge >= 0.3 is 0 Å². The van der Waals surface area contributed by atoms with Crippen LogP contribution in [0.4, 0.5) is 0 Å². The quantitative estimate of drug-likeness (QED) is 0.613. The van der Waals surface area contributed by atoms with Crippen LogP contribution in [0.5, 0.6) is 0 Å². The van der Waals surface area contributed by atoms with Crippen molar-refractivity contribution in [3.8, 4) is 6.07 Å². The van der Waals surface area contributed by atoms with Crippen LogP contribution in [-0.4, -0.2) is 4.98 Å². The lowest BCUT2D eigenvalue weighted by molar-refractivity contribution is 0.861. The monoisotopic (exact) mass is 269 g/mol. The van der Waals surface area contributed by atoms with Crippen molar-refractivity contribution in [3.63, 3.8) is 0 Å². The van der Waals surface area contributed by atoms with Gasteiger partial charge < -0.3 is 0 Å². The van der Waals surface area contributed by atoms with E-state index in [2.05, 4.69) is 10.2 Å². The molecule has 1 aromatic carbocycles. The second-order valence-corrected chi connectivity index (χ2v) is 4.77. The molecule has 0 N–H and O–H groups in total. The molecule has 0 saturated heterocycles. The van der Waals surface area contributed by atoms with Crippen LogP contribution in [0.2, 0.25) is 0 Å². The Kier molecular flexibility index (Phi) is 4.65. The zero-order chi connectivity index (χ0) is 13.5. The Morgan fingerprint density at radius 2 is 2.05 bits per heavy atom. The Balaban J connectivity index is 2.17. The minimum absolute atomic E-state index is 0.570. The van der Waals surface area contributed by atoms with Crippen molar-refractivity contribution in [1.82, 2.24) is 4.98 Å². The number of hydrogen-bond donors (Lipinski definition) is 0. The van der Waals surface area contributed by atoms with Crippen molar-refractivity contribution >= 4 is 11.8 Å². The first-order valence-electron chi connectivity index (χ1n) is 5.69. The summed E-state index contributed by atoms with van der Waals surface area (Å²) in [6.45, 7) is 0. The number of rotatable bonds is 5. The van der Waals surface area contributed by atoms with Crippen molar-refractivity contribution in [2.45, 2.75) is 16.8 Å². The van der Waals surface area contributed by atoms with Gasteiger partial charge in [0.15, 0.2) is 0 Å². The van der Waals surface area contributed by atoms with Crippen molar-refractivity contribution in [1.29, 1.82) is 5.26 Å². The van der Waals surface area contributed by atoms with Gasteiger partial charge in [0.05, 0.1) is 6.07 Å². The molecule has 1 atom stereocenters. The predicted octanol–water partition coefficient (Wildman–Crippen LogP) is 3.70. The first kappa shape index (κ1) is 13.2. The van der Waals surface area contributed by atoms with Crippen LogP contribution in [0.1, 0.15) is 17.2 Å². The molecule has 1 heterocycles. The van der Waals surface area contributed by atoms with Crippen molar-refractivity contribution in [2.24, 2.45) is 5.18 Å². The van der Waals surface area contributed by atoms with Crippen LogP contribution < -0.4 is 0 Å². The fourth-order valence-corrected chi connectivity index (χ4v) is 2.59. The van der Waals surface area contributed by atoms with Gasteiger partial charge in [-0.2, -0.15) is 5.26 Å². The van der Waals surface area contributed by atoms with Crippen molar-refractivity contribution in [3.05, 3.63) is 64.7 Å². The number of hydrogen-bond acceptors (Lipinski definition) is 5. The zero-order valence-corrected chi connectivity index (χ0v) is 10.9. The molecule has 2 aromatic rings. The van der Waals surface area contributed by atoms with Crippen LogP contribution in [-0.2, 0) is 5.75 Å². The molecule has 0 amide bonds. The SMILES string of the molecule is N#CC(N=O)c1cccnc1SCc1ccccc1. The number of nitrogens with zero attached hydrogens (tertiary/aromatic N) is 3. The number of pyridine rings is 1. The van der Waals surface area contributed by atoms with Gasteiger partial charge in [0.25, 0.3) is 0 Å². The minimum Gasteiger partial charge on any atom is -0.250 e. The lowest BCUT2D eigenvalue weighted by atomic mass is 10.1. The number of aromatic nitrogens is 1. The van der Waals surface area contributed by atoms with E-state index in [1.165, 1.54) is 11.8 Å². The Labute approximate surface area is 115 Å². The summed E-state index contributed by atoms with van der Waals surface area (Å²) in [6, 6.07) is 14.3. The molecule has 0 spiro atoms. The summed E-state index contributed by atoms with van der Waals surface area (Å²) in [5.41, 5.74) is 1.73. The van der Waals surface area contributed by atoms with Crippen molar-refractivity contribution < 1.29 is 0 Å². The summed E-state index contributed by atoms with van der Waals surface area (Å²) >= 11 is 1.50. The summed E-state index contributed by atoms with van der Waals surface area (Å²) in [5, 5.41) is 12.4. The molecule has 5 heteroatoms. The molecule has 94 valence electrons. The van der Waals surface area contributed by atoms with Gasteiger partial charge in [-0.05, 0) is 16.8 Å². The van der Waals surface area contributed by atoms with E-state index in [1.54, 1.807) is 18.3 Å². The minimum atomic E-state index is -0.994. The van der Waals surface area contributed by atoms with E-state index in [4.69, 9.17) is 5.26 Å². The zero-order valence-electron chi connectivity index (χ0n) is 10.1. The molecule has 0 aliphatic heterocycles. The van der Waals surface area contributed by atoms with Gasteiger partial charge in [-0.15, -0.1) is 16.7 Å². The predicted molar refractivity (Wildman–Crippen MR) is 74.4 cm³/mol. The Morgan fingerprint density at radius 1 is 1.26 bits per heavy atom. The molecular formula is C14H11N3OS. The first-order chi connectivity index (χ1) is 9.35. The Morgan fingerprint density at radius 3 is 2.74 bits per heavy atom. The molecule has 0 aliphatic carbocycles. The Hall–Kier alpha value is -2.19. The van der Waals surface area contributed by atoms with Crippen LogP contribution in [0.25, 0.3) is 0 Å². The Bertz CT molecular complexity index is 595. The summed E-state index contributed by atoms with van der Waals surface area (Å²) in [6.07, 6.45) is 1.65. The number of nitroso groups, excluding NO2 is 1. The second-order valence-electron chi connectivity index (χ2n) is 3.81. The second kappa shape index (κ2) is 6.66.